The van der Waals surface area contributed by atoms with Gasteiger partial charge >= 0.3 is 0 Å². The fourth-order valence-electron chi connectivity index (χ4n) is 0.395. The zero-order valence-electron chi connectivity index (χ0n) is 6.14. The molecule has 0 aromatic carbocycles. The molecule has 2 heteroatoms. The van der Waals surface area contributed by atoms with Crippen LogP contribution in [0.4, 0.5) is 5.69 Å². The number of anilines is 1. The van der Waals surface area contributed by atoms with E-state index in [1.165, 1.54) is 0 Å². The average molecular weight is 127 g/mol. The van der Waals surface area contributed by atoms with Crippen LogP contribution in [0.25, 0.3) is 0 Å². The summed E-state index contributed by atoms with van der Waals surface area (Å²) in [7, 11) is 0. The summed E-state index contributed by atoms with van der Waals surface area (Å²) in [5.74, 6) is 0.792. The van der Waals surface area contributed by atoms with Gasteiger partial charge in [-0.1, -0.05) is 13.8 Å². The lowest BCUT2D eigenvalue weighted by molar-refractivity contribution is 0.535. The monoisotopic (exact) mass is 127 g/mol. The van der Waals surface area contributed by atoms with Gasteiger partial charge < -0.3 is 10.2 Å². The van der Waals surface area contributed by atoms with Crippen LogP contribution in [-0.4, -0.2) is 0 Å². The Morgan fingerprint density at radius 3 is 2.11 bits per heavy atom. The van der Waals surface area contributed by atoms with Crippen LogP contribution >= 0.6 is 0 Å². The summed E-state index contributed by atoms with van der Waals surface area (Å²) in [6.45, 7) is 5.83. The number of hydrogen-bond donors (Lipinski definition) is 1. The number of rotatable bonds is 0. The van der Waals surface area contributed by atoms with Crippen molar-refractivity contribution >= 4 is 5.69 Å². The van der Waals surface area contributed by atoms with E-state index in [1.54, 1.807) is 12.3 Å². The van der Waals surface area contributed by atoms with Gasteiger partial charge in [-0.2, -0.15) is 0 Å². The van der Waals surface area contributed by atoms with Gasteiger partial charge in [0.1, 0.15) is 5.76 Å². The smallest absolute Gasteiger partial charge is 0.123 e. The van der Waals surface area contributed by atoms with E-state index >= 15 is 0 Å². The minimum Gasteiger partial charge on any atom is -0.467 e. The van der Waals surface area contributed by atoms with Gasteiger partial charge in [0, 0.05) is 0 Å². The molecule has 2 N–H and O–H groups in total. The van der Waals surface area contributed by atoms with Crippen LogP contribution < -0.4 is 5.73 Å². The Morgan fingerprint density at radius 2 is 2.00 bits per heavy atom. The first kappa shape index (κ1) is 8.08. The Kier molecular flexibility index (Phi) is 3.60. The molecule has 0 unspecified atom stereocenters. The number of furan rings is 1. The fourth-order valence-corrected chi connectivity index (χ4v) is 0.395. The van der Waals surface area contributed by atoms with Crippen LogP contribution in [0.3, 0.4) is 0 Å². The molecule has 1 aromatic heterocycles. The van der Waals surface area contributed by atoms with Gasteiger partial charge in [-0.3, -0.25) is 0 Å². The first-order valence-corrected chi connectivity index (χ1v) is 3.10. The zero-order chi connectivity index (χ0) is 7.28. The molecule has 0 spiro atoms. The molecule has 1 heterocycles. The quantitative estimate of drug-likeness (QED) is 0.580. The first-order chi connectivity index (χ1) is 4.30. The van der Waals surface area contributed by atoms with Crippen molar-refractivity contribution in [3.8, 4) is 0 Å². The van der Waals surface area contributed by atoms with Crippen molar-refractivity contribution < 1.29 is 4.42 Å². The summed E-state index contributed by atoms with van der Waals surface area (Å²) in [6, 6.07) is 1.73. The number of nitrogens with two attached hydrogens (primary N) is 1. The summed E-state index contributed by atoms with van der Waals surface area (Å²) >= 11 is 0. The molecule has 1 aromatic rings. The van der Waals surface area contributed by atoms with E-state index in [9.17, 15) is 0 Å². The SMILES string of the molecule is CC.Cc1occc1N. The Balaban J connectivity index is 0.000000291. The van der Waals surface area contributed by atoms with Gasteiger partial charge in [0.15, 0.2) is 0 Å². The summed E-state index contributed by atoms with van der Waals surface area (Å²) in [4.78, 5) is 0. The van der Waals surface area contributed by atoms with Crippen LogP contribution in [0.1, 0.15) is 19.6 Å². The third kappa shape index (κ3) is 2.22. The fraction of sp³-hybridized carbons (Fsp3) is 0.429. The minimum absolute atomic E-state index is 0.722. The summed E-state index contributed by atoms with van der Waals surface area (Å²) in [5.41, 5.74) is 6.07. The highest BCUT2D eigenvalue weighted by atomic mass is 16.3. The molecular formula is C7H13NO. The molecule has 0 radical (unpaired) electrons. The van der Waals surface area contributed by atoms with Gasteiger partial charge in [-0.25, -0.2) is 0 Å². The Bertz CT molecular complexity index is 141. The lowest BCUT2D eigenvalue weighted by Gasteiger charge is -1.80. The maximum Gasteiger partial charge on any atom is 0.123 e. The lowest BCUT2D eigenvalue weighted by Crippen LogP contribution is -1.80. The molecule has 0 fully saturated rings. The van der Waals surface area contributed by atoms with Gasteiger partial charge in [0.2, 0.25) is 0 Å². The highest BCUT2D eigenvalue weighted by molar-refractivity contribution is 5.39. The van der Waals surface area contributed by atoms with Crippen molar-refractivity contribution in [2.75, 3.05) is 5.73 Å². The van der Waals surface area contributed by atoms with Crippen LogP contribution in [-0.2, 0) is 0 Å². The average Bonchev–Trinajstić information content (AvgIpc) is 2.23. The van der Waals surface area contributed by atoms with E-state index in [2.05, 4.69) is 0 Å². The highest BCUT2D eigenvalue weighted by Gasteiger charge is 1.89. The van der Waals surface area contributed by atoms with Gasteiger partial charge in [0.05, 0.1) is 12.0 Å². The van der Waals surface area contributed by atoms with Crippen molar-refractivity contribution in [1.29, 1.82) is 0 Å². The molecule has 9 heavy (non-hydrogen) atoms. The van der Waals surface area contributed by atoms with E-state index in [-0.39, 0.29) is 0 Å². The van der Waals surface area contributed by atoms with Crippen molar-refractivity contribution in [3.63, 3.8) is 0 Å². The first-order valence-electron chi connectivity index (χ1n) is 3.10. The molecule has 2 nitrogen and oxygen atoms in total. The normalized spacial score (nSPS) is 7.89. The second-order valence-electron chi connectivity index (χ2n) is 1.43. The van der Waals surface area contributed by atoms with Crippen molar-refractivity contribution in [3.05, 3.63) is 18.1 Å². The molecule has 0 aliphatic carbocycles. The van der Waals surface area contributed by atoms with Gasteiger partial charge in [0.25, 0.3) is 0 Å². The Morgan fingerprint density at radius 1 is 1.44 bits per heavy atom. The molecule has 0 bridgehead atoms. The standard InChI is InChI=1S/C5H7NO.C2H6/c1-4-5(6)2-3-7-4;1-2/h2-3H,6H2,1H3;1-2H3. The molecule has 0 atom stereocenters. The maximum absolute atomic E-state index is 5.35. The van der Waals surface area contributed by atoms with Crippen LogP contribution in [0.5, 0.6) is 0 Å². The topological polar surface area (TPSA) is 39.2 Å². The van der Waals surface area contributed by atoms with Gasteiger partial charge in [-0.05, 0) is 13.0 Å². The summed E-state index contributed by atoms with van der Waals surface area (Å²) < 4.78 is 4.84. The van der Waals surface area contributed by atoms with E-state index in [0.717, 1.165) is 11.4 Å². The number of hydrogen-bond acceptors (Lipinski definition) is 2. The third-order valence-electron chi connectivity index (χ3n) is 0.899. The summed E-state index contributed by atoms with van der Waals surface area (Å²) in [6.07, 6.45) is 1.57. The second-order valence-corrected chi connectivity index (χ2v) is 1.43. The number of aryl methyl sites for hydroxylation is 1. The van der Waals surface area contributed by atoms with E-state index < -0.39 is 0 Å². The third-order valence-corrected chi connectivity index (χ3v) is 0.899. The van der Waals surface area contributed by atoms with Crippen LogP contribution in [0.2, 0.25) is 0 Å². The Labute approximate surface area is 55.7 Å². The highest BCUT2D eigenvalue weighted by Crippen LogP contribution is 2.08. The second kappa shape index (κ2) is 4.01. The van der Waals surface area contributed by atoms with Crippen molar-refractivity contribution in [1.82, 2.24) is 0 Å². The molecule has 0 aliphatic rings. The predicted octanol–water partition coefficient (Wildman–Crippen LogP) is 2.20. The molecule has 0 saturated carbocycles. The van der Waals surface area contributed by atoms with E-state index in [1.807, 2.05) is 20.8 Å². The lowest BCUT2D eigenvalue weighted by atomic mass is 10.4. The van der Waals surface area contributed by atoms with Crippen molar-refractivity contribution in [2.24, 2.45) is 0 Å². The van der Waals surface area contributed by atoms with Gasteiger partial charge in [-0.15, -0.1) is 0 Å². The van der Waals surface area contributed by atoms with E-state index in [0.29, 0.717) is 0 Å². The molecule has 0 amide bonds. The molecular weight excluding hydrogens is 114 g/mol. The van der Waals surface area contributed by atoms with Crippen LogP contribution in [0, 0.1) is 6.92 Å². The Hall–Kier alpha value is -0.920. The number of nitrogen functional groups attached to an aromatic ring is 1. The largest absolute Gasteiger partial charge is 0.467 e. The summed E-state index contributed by atoms with van der Waals surface area (Å²) in [5, 5.41) is 0. The maximum atomic E-state index is 5.35. The zero-order valence-corrected chi connectivity index (χ0v) is 6.14. The van der Waals surface area contributed by atoms with Crippen molar-refractivity contribution in [2.45, 2.75) is 20.8 Å². The predicted molar refractivity (Wildman–Crippen MR) is 39.2 cm³/mol. The molecule has 0 saturated heterocycles. The minimum atomic E-state index is 0.722. The molecule has 1 rings (SSSR count). The molecule has 52 valence electrons. The molecule has 0 aliphatic heterocycles. The van der Waals surface area contributed by atoms with Crippen LogP contribution in [0.15, 0.2) is 16.7 Å². The van der Waals surface area contributed by atoms with E-state index in [4.69, 9.17) is 10.2 Å².